The van der Waals surface area contributed by atoms with E-state index in [9.17, 15) is 13.6 Å². The molecule has 18 heavy (non-hydrogen) atoms. The van der Waals surface area contributed by atoms with Crippen LogP contribution in [-0.4, -0.2) is 15.6 Å². The van der Waals surface area contributed by atoms with Gasteiger partial charge in [0, 0.05) is 12.7 Å². The van der Waals surface area contributed by atoms with Crippen LogP contribution in [-0.2, 0) is 7.05 Å². The van der Waals surface area contributed by atoms with Gasteiger partial charge in [0.1, 0.15) is 11.6 Å². The number of carbonyl (C=O) groups excluding carboxylic acids is 1. The summed E-state index contributed by atoms with van der Waals surface area (Å²) in [4.78, 5) is 12.2. The normalized spacial score (nSPS) is 10.7. The minimum atomic E-state index is -0.859. The van der Waals surface area contributed by atoms with E-state index in [0.717, 1.165) is 12.1 Å². The van der Waals surface area contributed by atoms with Crippen LogP contribution in [0.15, 0.2) is 18.2 Å². The minimum Gasteiger partial charge on any atom is -0.288 e. The molecule has 0 aliphatic rings. The predicted octanol–water partition coefficient (Wildman–Crippen LogP) is 2.55. The fourth-order valence-electron chi connectivity index (χ4n) is 1.94. The summed E-state index contributed by atoms with van der Waals surface area (Å²) in [6.45, 7) is 3.32. The van der Waals surface area contributed by atoms with Gasteiger partial charge in [0.05, 0.1) is 16.8 Å². The van der Waals surface area contributed by atoms with Gasteiger partial charge in [0.25, 0.3) is 0 Å². The topological polar surface area (TPSA) is 34.9 Å². The molecule has 0 atom stereocenters. The maximum Gasteiger partial charge on any atom is 0.202 e. The molecule has 0 spiro atoms. The fourth-order valence-corrected chi connectivity index (χ4v) is 1.94. The number of hydrogen-bond acceptors (Lipinski definition) is 2. The Morgan fingerprint density at radius 3 is 2.17 bits per heavy atom. The largest absolute Gasteiger partial charge is 0.288 e. The van der Waals surface area contributed by atoms with E-state index in [1.807, 2.05) is 0 Å². The van der Waals surface area contributed by atoms with Gasteiger partial charge in [0.15, 0.2) is 0 Å². The Bertz CT molecular complexity index is 612. The van der Waals surface area contributed by atoms with Crippen LogP contribution in [0.3, 0.4) is 0 Å². The van der Waals surface area contributed by atoms with Crippen molar-refractivity contribution in [3.63, 3.8) is 0 Å². The zero-order valence-corrected chi connectivity index (χ0v) is 10.3. The second-order valence-corrected chi connectivity index (χ2v) is 4.10. The number of aromatic nitrogens is 2. The molecule has 1 aromatic heterocycles. The van der Waals surface area contributed by atoms with Crippen molar-refractivity contribution in [2.45, 2.75) is 13.8 Å². The van der Waals surface area contributed by atoms with Crippen LogP contribution in [0.2, 0.25) is 0 Å². The van der Waals surface area contributed by atoms with Crippen molar-refractivity contribution in [3.05, 3.63) is 52.3 Å². The molecule has 0 unspecified atom stereocenters. The van der Waals surface area contributed by atoms with Gasteiger partial charge < -0.3 is 0 Å². The SMILES string of the molecule is Cc1nn(C)c(C)c1C(=O)c1c(F)cccc1F. The molecule has 0 fully saturated rings. The maximum absolute atomic E-state index is 13.6. The molecule has 5 heteroatoms. The van der Waals surface area contributed by atoms with E-state index in [1.165, 1.54) is 10.7 Å². The molecule has 94 valence electrons. The van der Waals surface area contributed by atoms with E-state index in [4.69, 9.17) is 0 Å². The quantitative estimate of drug-likeness (QED) is 0.768. The molecule has 1 heterocycles. The van der Waals surface area contributed by atoms with Gasteiger partial charge in [-0.2, -0.15) is 5.10 Å². The second-order valence-electron chi connectivity index (χ2n) is 4.10. The lowest BCUT2D eigenvalue weighted by atomic mass is 10.0. The number of benzene rings is 1. The van der Waals surface area contributed by atoms with E-state index >= 15 is 0 Å². The molecule has 0 N–H and O–H groups in total. The maximum atomic E-state index is 13.6. The number of nitrogens with zero attached hydrogens (tertiary/aromatic N) is 2. The Morgan fingerprint density at radius 1 is 1.17 bits per heavy atom. The van der Waals surface area contributed by atoms with Gasteiger partial charge >= 0.3 is 0 Å². The number of halogens is 2. The van der Waals surface area contributed by atoms with Crippen LogP contribution in [0, 0.1) is 25.5 Å². The van der Waals surface area contributed by atoms with Crippen molar-refractivity contribution in [3.8, 4) is 0 Å². The highest BCUT2D eigenvalue weighted by atomic mass is 19.1. The summed E-state index contributed by atoms with van der Waals surface area (Å²) in [6.07, 6.45) is 0. The summed E-state index contributed by atoms with van der Waals surface area (Å²) in [6, 6.07) is 3.36. The third-order valence-electron chi connectivity index (χ3n) is 2.93. The van der Waals surface area contributed by atoms with Gasteiger partial charge in [-0.05, 0) is 26.0 Å². The third-order valence-corrected chi connectivity index (χ3v) is 2.93. The van der Waals surface area contributed by atoms with E-state index < -0.39 is 23.0 Å². The number of hydrogen-bond donors (Lipinski definition) is 0. The van der Waals surface area contributed by atoms with Gasteiger partial charge in [-0.3, -0.25) is 9.48 Å². The Kier molecular flexibility index (Phi) is 2.98. The van der Waals surface area contributed by atoms with Gasteiger partial charge in [0.2, 0.25) is 5.78 Å². The molecule has 0 saturated heterocycles. The molecule has 1 aromatic carbocycles. The van der Waals surface area contributed by atoms with E-state index in [0.29, 0.717) is 11.4 Å². The van der Waals surface area contributed by atoms with E-state index in [1.54, 1.807) is 20.9 Å². The van der Waals surface area contributed by atoms with Gasteiger partial charge in [-0.1, -0.05) is 6.07 Å². The Balaban J connectivity index is 2.62. The number of carbonyl (C=O) groups is 1. The molecule has 2 aromatic rings. The lowest BCUT2D eigenvalue weighted by Crippen LogP contribution is -2.09. The fraction of sp³-hybridized carbons (Fsp3) is 0.231. The highest BCUT2D eigenvalue weighted by Crippen LogP contribution is 2.21. The first kappa shape index (κ1) is 12.4. The summed E-state index contributed by atoms with van der Waals surface area (Å²) >= 11 is 0. The monoisotopic (exact) mass is 250 g/mol. The molecule has 0 bridgehead atoms. The first-order chi connectivity index (χ1) is 8.43. The lowest BCUT2D eigenvalue weighted by molar-refractivity contribution is 0.103. The lowest BCUT2D eigenvalue weighted by Gasteiger charge is -2.04. The van der Waals surface area contributed by atoms with Crippen molar-refractivity contribution in [1.29, 1.82) is 0 Å². The smallest absolute Gasteiger partial charge is 0.202 e. The Labute approximate surface area is 103 Å². The van der Waals surface area contributed by atoms with Crippen molar-refractivity contribution >= 4 is 5.78 Å². The molecule has 3 nitrogen and oxygen atoms in total. The molecule has 0 radical (unpaired) electrons. The summed E-state index contributed by atoms with van der Waals surface area (Å²) in [5, 5.41) is 4.07. The standard InChI is InChI=1S/C13H12F2N2O/c1-7-11(8(2)17(3)16-7)13(18)12-9(14)5-4-6-10(12)15/h4-6H,1-3H3. The third kappa shape index (κ3) is 1.81. The number of aryl methyl sites for hydroxylation is 2. The minimum absolute atomic E-state index is 0.251. The van der Waals surface area contributed by atoms with E-state index in [-0.39, 0.29) is 5.56 Å². The van der Waals surface area contributed by atoms with Gasteiger partial charge in [-0.15, -0.1) is 0 Å². The van der Waals surface area contributed by atoms with Crippen LogP contribution in [0.4, 0.5) is 8.78 Å². The molecular weight excluding hydrogens is 238 g/mol. The van der Waals surface area contributed by atoms with E-state index in [2.05, 4.69) is 5.10 Å². The zero-order valence-electron chi connectivity index (χ0n) is 10.3. The van der Waals surface area contributed by atoms with Crippen molar-refractivity contribution in [2.75, 3.05) is 0 Å². The summed E-state index contributed by atoms with van der Waals surface area (Å²) in [7, 11) is 1.68. The Hall–Kier alpha value is -2.04. The van der Waals surface area contributed by atoms with Crippen LogP contribution < -0.4 is 0 Å². The number of rotatable bonds is 2. The molecule has 0 amide bonds. The van der Waals surface area contributed by atoms with Gasteiger partial charge in [-0.25, -0.2) is 8.78 Å². The summed E-state index contributed by atoms with van der Waals surface area (Å²) < 4.78 is 28.7. The first-order valence-electron chi connectivity index (χ1n) is 5.42. The predicted molar refractivity (Wildman–Crippen MR) is 62.5 cm³/mol. The molecule has 0 aliphatic heterocycles. The number of ketones is 1. The van der Waals surface area contributed by atoms with Crippen LogP contribution in [0.5, 0.6) is 0 Å². The summed E-state index contributed by atoms with van der Waals surface area (Å²) in [5.74, 6) is -2.39. The average molecular weight is 250 g/mol. The van der Waals surface area contributed by atoms with Crippen molar-refractivity contribution < 1.29 is 13.6 Å². The second kappa shape index (κ2) is 4.33. The molecule has 0 saturated carbocycles. The first-order valence-corrected chi connectivity index (χ1v) is 5.42. The van der Waals surface area contributed by atoms with Crippen LogP contribution in [0.25, 0.3) is 0 Å². The molecule has 2 rings (SSSR count). The highest BCUT2D eigenvalue weighted by molar-refractivity contribution is 6.10. The Morgan fingerprint density at radius 2 is 1.72 bits per heavy atom. The van der Waals surface area contributed by atoms with Crippen molar-refractivity contribution in [2.24, 2.45) is 7.05 Å². The van der Waals surface area contributed by atoms with Crippen LogP contribution in [0.1, 0.15) is 27.3 Å². The van der Waals surface area contributed by atoms with Crippen molar-refractivity contribution in [1.82, 2.24) is 9.78 Å². The molecule has 0 aliphatic carbocycles. The van der Waals surface area contributed by atoms with Crippen LogP contribution >= 0.6 is 0 Å². The highest BCUT2D eigenvalue weighted by Gasteiger charge is 2.24. The zero-order chi connectivity index (χ0) is 13.4. The summed E-state index contributed by atoms with van der Waals surface area (Å²) in [5.41, 5.74) is 0.765. The molecular formula is C13H12F2N2O. The average Bonchev–Trinajstić information content (AvgIpc) is 2.52.